The highest BCUT2D eigenvalue weighted by Gasteiger charge is 2.04. The molecular formula is C7H7N3O2. The number of H-pyrrole nitrogens is 1. The summed E-state index contributed by atoms with van der Waals surface area (Å²) in [6, 6.07) is 0. The standard InChI is InChI=1S/C7H7N3O2/c11-6-8-7(12)10-5-3-1-2-4-9(6)10/h1-4H,5H2,(H,8,11,12). The van der Waals surface area contributed by atoms with E-state index in [0.29, 0.717) is 6.54 Å². The van der Waals surface area contributed by atoms with E-state index in [1.165, 1.54) is 9.36 Å². The van der Waals surface area contributed by atoms with Gasteiger partial charge >= 0.3 is 11.4 Å². The first-order valence-corrected chi connectivity index (χ1v) is 3.54. The van der Waals surface area contributed by atoms with Crippen LogP contribution in [0.2, 0.25) is 0 Å². The van der Waals surface area contributed by atoms with Gasteiger partial charge in [0.2, 0.25) is 0 Å². The van der Waals surface area contributed by atoms with Gasteiger partial charge in [0.25, 0.3) is 0 Å². The Balaban J connectivity index is 2.78. The van der Waals surface area contributed by atoms with Crippen molar-refractivity contribution in [3.8, 4) is 0 Å². The molecule has 0 unspecified atom stereocenters. The van der Waals surface area contributed by atoms with Crippen LogP contribution in [0.15, 0.2) is 27.8 Å². The van der Waals surface area contributed by atoms with Gasteiger partial charge in [0.05, 0.1) is 6.54 Å². The van der Waals surface area contributed by atoms with Gasteiger partial charge in [-0.15, -0.1) is 0 Å². The molecular weight excluding hydrogens is 158 g/mol. The fourth-order valence-corrected chi connectivity index (χ4v) is 1.11. The number of aromatic nitrogens is 3. The molecule has 1 aromatic heterocycles. The van der Waals surface area contributed by atoms with Crippen molar-refractivity contribution in [1.82, 2.24) is 14.3 Å². The third-order valence-corrected chi connectivity index (χ3v) is 1.67. The highest BCUT2D eigenvalue weighted by molar-refractivity contribution is 5.27. The van der Waals surface area contributed by atoms with Crippen LogP contribution < -0.4 is 11.4 Å². The molecule has 1 aliphatic rings. The van der Waals surface area contributed by atoms with E-state index < -0.39 is 5.69 Å². The number of hydrogen-bond donors (Lipinski definition) is 1. The maximum Gasteiger partial charge on any atom is 0.348 e. The van der Waals surface area contributed by atoms with E-state index in [0.717, 1.165) is 0 Å². The Morgan fingerprint density at radius 1 is 1.25 bits per heavy atom. The second kappa shape index (κ2) is 2.37. The summed E-state index contributed by atoms with van der Waals surface area (Å²) in [4.78, 5) is 24.3. The molecule has 0 amide bonds. The molecule has 2 heterocycles. The minimum absolute atomic E-state index is 0.379. The van der Waals surface area contributed by atoms with Crippen LogP contribution in [0.4, 0.5) is 0 Å². The molecule has 0 fully saturated rings. The van der Waals surface area contributed by atoms with Gasteiger partial charge in [-0.05, 0) is 6.08 Å². The SMILES string of the molecule is O=c1[nH]c(=O)n2n1C=CC=CC2. The Hall–Kier alpha value is -1.78. The van der Waals surface area contributed by atoms with Crippen LogP contribution in [0.5, 0.6) is 0 Å². The molecule has 2 rings (SSSR count). The van der Waals surface area contributed by atoms with Gasteiger partial charge < -0.3 is 0 Å². The highest BCUT2D eigenvalue weighted by Crippen LogP contribution is 1.90. The Kier molecular flexibility index (Phi) is 1.36. The molecule has 1 aliphatic heterocycles. The molecule has 0 aliphatic carbocycles. The Bertz CT molecular complexity index is 458. The number of aromatic amines is 1. The lowest BCUT2D eigenvalue weighted by molar-refractivity contribution is 0.608. The zero-order chi connectivity index (χ0) is 8.55. The van der Waals surface area contributed by atoms with Crippen LogP contribution in [0.25, 0.3) is 6.20 Å². The average Bonchev–Trinajstić information content (AvgIpc) is 2.29. The summed E-state index contributed by atoms with van der Waals surface area (Å²) in [6.07, 6.45) is 6.84. The highest BCUT2D eigenvalue weighted by atomic mass is 16.2. The number of hydrogen-bond acceptors (Lipinski definition) is 2. The molecule has 0 spiro atoms. The third-order valence-electron chi connectivity index (χ3n) is 1.67. The number of fused-ring (bicyclic) bond motifs is 1. The lowest BCUT2D eigenvalue weighted by Crippen LogP contribution is -2.21. The van der Waals surface area contributed by atoms with Crippen LogP contribution in [0.3, 0.4) is 0 Å². The first kappa shape index (κ1) is 6.90. The quantitative estimate of drug-likeness (QED) is 0.557. The minimum atomic E-state index is -0.403. The van der Waals surface area contributed by atoms with Gasteiger partial charge in [-0.2, -0.15) is 0 Å². The second-order valence-corrected chi connectivity index (χ2v) is 2.43. The van der Waals surface area contributed by atoms with Crippen LogP contribution in [0, 0.1) is 0 Å². The van der Waals surface area contributed by atoms with Crippen molar-refractivity contribution < 1.29 is 0 Å². The van der Waals surface area contributed by atoms with E-state index in [-0.39, 0.29) is 5.69 Å². The number of allylic oxidation sites excluding steroid dienone is 3. The molecule has 1 aromatic rings. The molecule has 62 valence electrons. The van der Waals surface area contributed by atoms with Gasteiger partial charge in [-0.1, -0.05) is 12.2 Å². The monoisotopic (exact) mass is 165 g/mol. The fraction of sp³-hybridized carbons (Fsp3) is 0.143. The maximum atomic E-state index is 11.1. The molecule has 5 nitrogen and oxygen atoms in total. The number of rotatable bonds is 0. The Morgan fingerprint density at radius 3 is 2.92 bits per heavy atom. The van der Waals surface area contributed by atoms with Gasteiger partial charge in [-0.25, -0.2) is 19.0 Å². The molecule has 0 radical (unpaired) electrons. The van der Waals surface area contributed by atoms with Crippen molar-refractivity contribution >= 4 is 6.20 Å². The first-order valence-electron chi connectivity index (χ1n) is 3.54. The summed E-state index contributed by atoms with van der Waals surface area (Å²) in [7, 11) is 0. The van der Waals surface area contributed by atoms with Crippen molar-refractivity contribution in [2.24, 2.45) is 0 Å². The van der Waals surface area contributed by atoms with Crippen molar-refractivity contribution in [2.75, 3.05) is 0 Å². The van der Waals surface area contributed by atoms with Gasteiger partial charge in [0.15, 0.2) is 0 Å². The minimum Gasteiger partial charge on any atom is -0.256 e. The molecule has 0 aromatic carbocycles. The predicted molar refractivity (Wildman–Crippen MR) is 43.8 cm³/mol. The van der Waals surface area contributed by atoms with E-state index in [2.05, 4.69) is 4.98 Å². The van der Waals surface area contributed by atoms with Gasteiger partial charge in [0, 0.05) is 6.20 Å². The van der Waals surface area contributed by atoms with E-state index in [1.807, 2.05) is 0 Å². The molecule has 0 saturated heterocycles. The predicted octanol–water partition coefficient (Wildman–Crippen LogP) is -0.621. The van der Waals surface area contributed by atoms with Crippen LogP contribution >= 0.6 is 0 Å². The second-order valence-electron chi connectivity index (χ2n) is 2.43. The molecule has 0 saturated carbocycles. The summed E-state index contributed by atoms with van der Waals surface area (Å²) in [5.74, 6) is 0. The normalized spacial score (nSPS) is 14.3. The summed E-state index contributed by atoms with van der Waals surface area (Å²) in [5.41, 5.74) is -0.781. The fourth-order valence-electron chi connectivity index (χ4n) is 1.11. The van der Waals surface area contributed by atoms with Gasteiger partial charge in [0.1, 0.15) is 0 Å². The van der Waals surface area contributed by atoms with Crippen molar-refractivity contribution in [1.29, 1.82) is 0 Å². The smallest absolute Gasteiger partial charge is 0.256 e. The Labute approximate surface area is 67.2 Å². The van der Waals surface area contributed by atoms with Crippen molar-refractivity contribution in [3.63, 3.8) is 0 Å². The van der Waals surface area contributed by atoms with E-state index in [1.54, 1.807) is 24.4 Å². The zero-order valence-corrected chi connectivity index (χ0v) is 6.23. The van der Waals surface area contributed by atoms with Crippen molar-refractivity contribution in [2.45, 2.75) is 6.54 Å². The molecule has 0 atom stereocenters. The van der Waals surface area contributed by atoms with Crippen LogP contribution in [-0.2, 0) is 6.54 Å². The topological polar surface area (TPSA) is 59.8 Å². The Morgan fingerprint density at radius 2 is 2.08 bits per heavy atom. The lowest BCUT2D eigenvalue weighted by Gasteiger charge is -1.98. The summed E-state index contributed by atoms with van der Waals surface area (Å²) >= 11 is 0. The van der Waals surface area contributed by atoms with Gasteiger partial charge in [-0.3, -0.25) is 4.98 Å². The van der Waals surface area contributed by atoms with E-state index in [9.17, 15) is 9.59 Å². The van der Waals surface area contributed by atoms with E-state index in [4.69, 9.17) is 0 Å². The molecule has 12 heavy (non-hydrogen) atoms. The number of nitrogens with one attached hydrogen (secondary N) is 1. The molecule has 1 N–H and O–H groups in total. The molecule has 5 heteroatoms. The van der Waals surface area contributed by atoms with E-state index >= 15 is 0 Å². The lowest BCUT2D eigenvalue weighted by atomic mass is 10.5. The summed E-state index contributed by atoms with van der Waals surface area (Å²) in [6.45, 7) is 0.421. The maximum absolute atomic E-state index is 11.1. The third kappa shape index (κ3) is 0.868. The number of nitrogens with zero attached hydrogens (tertiary/aromatic N) is 2. The summed E-state index contributed by atoms with van der Waals surface area (Å²) in [5, 5.41) is 0. The molecule has 0 bridgehead atoms. The van der Waals surface area contributed by atoms with Crippen LogP contribution in [0.1, 0.15) is 0 Å². The van der Waals surface area contributed by atoms with Crippen molar-refractivity contribution in [3.05, 3.63) is 39.2 Å². The average molecular weight is 165 g/mol. The summed E-state index contributed by atoms with van der Waals surface area (Å²) < 4.78 is 2.57. The zero-order valence-electron chi connectivity index (χ0n) is 6.23. The first-order chi connectivity index (χ1) is 5.79. The van der Waals surface area contributed by atoms with Crippen LogP contribution in [-0.4, -0.2) is 14.3 Å². The largest absolute Gasteiger partial charge is 0.348 e.